The maximum atomic E-state index is 13.1. The number of nitro groups is 1. The summed E-state index contributed by atoms with van der Waals surface area (Å²) in [6.07, 6.45) is 2.61. The third-order valence-electron chi connectivity index (χ3n) is 6.10. The Morgan fingerprint density at radius 2 is 1.65 bits per heavy atom. The number of carbonyl (C=O) groups is 3. The minimum Gasteiger partial charge on any atom is -0.365 e. The highest BCUT2D eigenvalue weighted by molar-refractivity contribution is 5.92. The molecule has 212 valence electrons. The van der Waals surface area contributed by atoms with Crippen LogP contribution in [0, 0.1) is 10.1 Å². The first kappa shape index (κ1) is 29.4. The molecule has 8 N–H and O–H groups in total. The normalized spacial score (nSPS) is 12.0. The largest absolute Gasteiger partial charge is 0.365 e. The number of amides is 4. The molecule has 0 fully saturated rings. The van der Waals surface area contributed by atoms with Crippen molar-refractivity contribution in [2.75, 3.05) is 6.54 Å². The van der Waals surface area contributed by atoms with Crippen molar-refractivity contribution in [3.8, 4) is 0 Å². The average molecular weight is 552 g/mol. The zero-order valence-electron chi connectivity index (χ0n) is 22.1. The van der Waals surface area contributed by atoms with Crippen LogP contribution in [-0.4, -0.2) is 46.0 Å². The molecule has 4 amide bonds. The molecular weight excluding hydrogens is 518 g/mol. The third kappa shape index (κ3) is 9.01. The van der Waals surface area contributed by atoms with Crippen LogP contribution in [0.15, 0.2) is 59.8 Å². The molecule has 0 saturated heterocycles. The van der Waals surface area contributed by atoms with Gasteiger partial charge in [-0.05, 0) is 35.6 Å². The SMILES string of the molecule is Cn1cc(CC(=O)N[C@H](CCCNC(N)=N[N+](=O)[O-])C(=O)NCc2ccc(CNC(N)=O)cc2)c2ccccc21. The van der Waals surface area contributed by atoms with E-state index in [1.165, 1.54) is 0 Å². The molecule has 0 saturated carbocycles. The van der Waals surface area contributed by atoms with Gasteiger partial charge in [0.1, 0.15) is 11.1 Å². The van der Waals surface area contributed by atoms with Gasteiger partial charge in [0.2, 0.25) is 11.8 Å². The van der Waals surface area contributed by atoms with Crippen molar-refractivity contribution in [1.82, 2.24) is 25.8 Å². The molecular formula is C26H33N9O5. The number of aryl methyl sites for hydroxylation is 1. The van der Waals surface area contributed by atoms with E-state index in [1.807, 2.05) is 66.3 Å². The van der Waals surface area contributed by atoms with Gasteiger partial charge in [0.25, 0.3) is 5.96 Å². The lowest BCUT2D eigenvalue weighted by Gasteiger charge is -2.19. The lowest BCUT2D eigenvalue weighted by Crippen LogP contribution is -2.47. The third-order valence-corrected chi connectivity index (χ3v) is 6.10. The van der Waals surface area contributed by atoms with E-state index in [-0.39, 0.29) is 50.2 Å². The summed E-state index contributed by atoms with van der Waals surface area (Å²) >= 11 is 0. The standard InChI is InChI=1S/C26H33N9O5/c1-34-16-19(20-5-2-3-7-22(20)34)13-23(36)32-21(6-4-12-29-25(27)33-35(39)40)24(37)30-14-17-8-10-18(11-9-17)15-31-26(28)38/h2-3,5,7-11,16,21H,4,6,12-15H2,1H3,(H,30,37)(H,32,36)(H3,27,29,33)(H3,28,31,38)/t21-/m1/s1. The topological polar surface area (TPSA) is 212 Å². The minimum atomic E-state index is -0.910. The Morgan fingerprint density at radius 3 is 2.30 bits per heavy atom. The Hall–Kier alpha value is -5.14. The Kier molecular flexibility index (Phi) is 10.4. The van der Waals surface area contributed by atoms with Crippen LogP contribution in [-0.2, 0) is 36.1 Å². The number of carbonyl (C=O) groups excluding carboxylic acids is 3. The van der Waals surface area contributed by atoms with Crippen molar-refractivity contribution < 1.29 is 19.4 Å². The van der Waals surface area contributed by atoms with Gasteiger partial charge in [-0.15, -0.1) is 0 Å². The van der Waals surface area contributed by atoms with Crippen molar-refractivity contribution in [3.05, 3.63) is 81.5 Å². The monoisotopic (exact) mass is 551 g/mol. The molecule has 40 heavy (non-hydrogen) atoms. The molecule has 1 heterocycles. The number of rotatable bonds is 13. The van der Waals surface area contributed by atoms with Crippen molar-refractivity contribution in [1.29, 1.82) is 0 Å². The number of aromatic nitrogens is 1. The first-order valence-electron chi connectivity index (χ1n) is 12.6. The van der Waals surface area contributed by atoms with Gasteiger partial charge in [0.15, 0.2) is 5.03 Å². The van der Waals surface area contributed by atoms with E-state index in [2.05, 4.69) is 26.4 Å². The van der Waals surface area contributed by atoms with Crippen molar-refractivity contribution >= 4 is 34.7 Å². The number of nitrogens with one attached hydrogen (secondary N) is 4. The fraction of sp³-hybridized carbons (Fsp3) is 0.308. The molecule has 3 rings (SSSR count). The Morgan fingerprint density at radius 1 is 1.00 bits per heavy atom. The lowest BCUT2D eigenvalue weighted by atomic mass is 10.1. The number of nitrogens with two attached hydrogens (primary N) is 2. The van der Waals surface area contributed by atoms with Crippen molar-refractivity contribution in [2.24, 2.45) is 23.6 Å². The quantitative estimate of drug-likeness (QED) is 0.0583. The fourth-order valence-corrected chi connectivity index (χ4v) is 4.18. The second kappa shape index (κ2) is 14.1. The maximum absolute atomic E-state index is 13.1. The highest BCUT2D eigenvalue weighted by Crippen LogP contribution is 2.20. The zero-order chi connectivity index (χ0) is 29.1. The van der Waals surface area contributed by atoms with Gasteiger partial charge in [-0.25, -0.2) is 14.9 Å². The number of hydrogen-bond donors (Lipinski definition) is 6. The Labute approximate surface area is 230 Å². The maximum Gasteiger partial charge on any atom is 0.312 e. The summed E-state index contributed by atoms with van der Waals surface area (Å²) in [7, 11) is 1.90. The number of para-hydroxylation sites is 1. The number of primary amides is 1. The van der Waals surface area contributed by atoms with Crippen LogP contribution in [0.4, 0.5) is 4.79 Å². The average Bonchev–Trinajstić information content (AvgIpc) is 3.22. The number of fused-ring (bicyclic) bond motifs is 1. The zero-order valence-corrected chi connectivity index (χ0v) is 22.1. The van der Waals surface area contributed by atoms with E-state index in [4.69, 9.17) is 11.5 Å². The number of nitrogens with zero attached hydrogens (tertiary/aromatic N) is 3. The van der Waals surface area contributed by atoms with Crippen LogP contribution in [0.1, 0.15) is 29.5 Å². The van der Waals surface area contributed by atoms with Gasteiger partial charge in [-0.1, -0.05) is 42.5 Å². The van der Waals surface area contributed by atoms with E-state index < -0.39 is 17.1 Å². The lowest BCUT2D eigenvalue weighted by molar-refractivity contribution is -0.485. The van der Waals surface area contributed by atoms with Crippen LogP contribution in [0.2, 0.25) is 0 Å². The smallest absolute Gasteiger partial charge is 0.312 e. The number of hydrazone groups is 1. The number of guanidine groups is 1. The molecule has 3 aromatic rings. The fourth-order valence-electron chi connectivity index (χ4n) is 4.18. The van der Waals surface area contributed by atoms with Crippen molar-refractivity contribution in [2.45, 2.75) is 38.4 Å². The molecule has 0 bridgehead atoms. The highest BCUT2D eigenvalue weighted by atomic mass is 16.7. The van der Waals surface area contributed by atoms with Crippen LogP contribution < -0.4 is 32.7 Å². The van der Waals surface area contributed by atoms with E-state index in [0.29, 0.717) is 6.42 Å². The van der Waals surface area contributed by atoms with Gasteiger partial charge < -0.3 is 37.3 Å². The molecule has 1 atom stereocenters. The second-order valence-corrected chi connectivity index (χ2v) is 9.12. The molecule has 0 aliphatic carbocycles. The van der Waals surface area contributed by atoms with Gasteiger partial charge in [-0.3, -0.25) is 9.59 Å². The molecule has 14 heteroatoms. The van der Waals surface area contributed by atoms with E-state index in [1.54, 1.807) is 0 Å². The minimum absolute atomic E-state index is 0.0899. The first-order chi connectivity index (χ1) is 19.1. The predicted molar refractivity (Wildman–Crippen MR) is 149 cm³/mol. The summed E-state index contributed by atoms with van der Waals surface area (Å²) < 4.78 is 1.94. The van der Waals surface area contributed by atoms with Gasteiger partial charge in [0, 0.05) is 43.8 Å². The Bertz CT molecular complexity index is 1380. The molecule has 0 radical (unpaired) electrons. The molecule has 1 aromatic heterocycles. The first-order valence-corrected chi connectivity index (χ1v) is 12.6. The van der Waals surface area contributed by atoms with Crippen LogP contribution >= 0.6 is 0 Å². The number of benzene rings is 2. The van der Waals surface area contributed by atoms with Gasteiger partial charge in [0.05, 0.1) is 6.42 Å². The molecule has 0 spiro atoms. The molecule has 2 aromatic carbocycles. The summed E-state index contributed by atoms with van der Waals surface area (Å²) in [4.78, 5) is 47.4. The highest BCUT2D eigenvalue weighted by Gasteiger charge is 2.21. The number of hydrogen-bond acceptors (Lipinski definition) is 5. The molecule has 0 unspecified atom stereocenters. The summed E-state index contributed by atoms with van der Waals surface area (Å²) in [6.45, 7) is 0.726. The summed E-state index contributed by atoms with van der Waals surface area (Å²) in [5.41, 5.74) is 14.0. The summed E-state index contributed by atoms with van der Waals surface area (Å²) in [5, 5.41) is 24.2. The predicted octanol–water partition coefficient (Wildman–Crippen LogP) is 0.567. The molecule has 0 aliphatic rings. The van der Waals surface area contributed by atoms with Crippen LogP contribution in [0.3, 0.4) is 0 Å². The van der Waals surface area contributed by atoms with Crippen molar-refractivity contribution in [3.63, 3.8) is 0 Å². The van der Waals surface area contributed by atoms with E-state index >= 15 is 0 Å². The summed E-state index contributed by atoms with van der Waals surface area (Å²) in [6, 6.07) is 13.5. The van der Waals surface area contributed by atoms with Gasteiger partial charge >= 0.3 is 6.03 Å². The molecule has 0 aliphatic heterocycles. The molecule has 14 nitrogen and oxygen atoms in total. The Balaban J connectivity index is 1.62. The number of urea groups is 1. The van der Waals surface area contributed by atoms with E-state index in [0.717, 1.165) is 27.6 Å². The van der Waals surface area contributed by atoms with E-state index in [9.17, 15) is 24.5 Å². The second-order valence-electron chi connectivity index (χ2n) is 9.12. The van der Waals surface area contributed by atoms with Crippen LogP contribution in [0.25, 0.3) is 10.9 Å². The van der Waals surface area contributed by atoms with Gasteiger partial charge in [-0.2, -0.15) is 0 Å². The summed E-state index contributed by atoms with van der Waals surface area (Å²) in [5.74, 6) is -1.04. The van der Waals surface area contributed by atoms with Crippen LogP contribution in [0.5, 0.6) is 0 Å².